The van der Waals surface area contributed by atoms with Gasteiger partial charge in [-0.15, -0.1) is 0 Å². The van der Waals surface area contributed by atoms with Crippen molar-refractivity contribution in [2.75, 3.05) is 38.1 Å². The molecule has 3 heterocycles. The van der Waals surface area contributed by atoms with E-state index < -0.39 is 5.63 Å². The van der Waals surface area contributed by atoms with Crippen LogP contribution in [0.5, 0.6) is 0 Å². The lowest BCUT2D eigenvalue weighted by Crippen LogP contribution is -2.38. The van der Waals surface area contributed by atoms with Gasteiger partial charge in [-0.1, -0.05) is 30.3 Å². The summed E-state index contributed by atoms with van der Waals surface area (Å²) < 4.78 is 5.33. The molecular formula is C25H27N3O3. The largest absolute Gasteiger partial charge is 0.422 e. The Hall–Kier alpha value is -3.12. The Labute approximate surface area is 181 Å². The van der Waals surface area contributed by atoms with Gasteiger partial charge in [-0.3, -0.25) is 9.69 Å². The first-order valence-electron chi connectivity index (χ1n) is 11.0. The number of nitrogens with zero attached hydrogens (tertiary/aromatic N) is 2. The summed E-state index contributed by atoms with van der Waals surface area (Å²) in [6.45, 7) is 3.55. The molecule has 1 aromatic heterocycles. The van der Waals surface area contributed by atoms with E-state index in [0.29, 0.717) is 12.1 Å². The number of amides is 1. The van der Waals surface area contributed by atoms with Gasteiger partial charge < -0.3 is 14.6 Å². The molecule has 3 aromatic rings. The van der Waals surface area contributed by atoms with Gasteiger partial charge in [0.15, 0.2) is 0 Å². The van der Waals surface area contributed by atoms with Gasteiger partial charge in [0.2, 0.25) is 0 Å². The number of carbonyl (C=O) groups is 1. The molecule has 2 aliphatic rings. The number of para-hydroxylation sites is 1. The number of rotatable bonds is 5. The molecule has 0 spiro atoms. The van der Waals surface area contributed by atoms with Crippen LogP contribution in [0.2, 0.25) is 0 Å². The quantitative estimate of drug-likeness (QED) is 0.645. The third kappa shape index (κ3) is 3.83. The molecule has 1 unspecified atom stereocenters. The highest BCUT2D eigenvalue weighted by atomic mass is 16.4. The Morgan fingerprint density at radius 3 is 2.74 bits per heavy atom. The predicted octanol–water partition coefficient (Wildman–Crippen LogP) is 3.35. The fraction of sp³-hybridized carbons (Fsp3) is 0.360. The van der Waals surface area contributed by atoms with Gasteiger partial charge in [-0.05, 0) is 61.7 Å². The molecule has 1 atom stereocenters. The van der Waals surface area contributed by atoms with Crippen molar-refractivity contribution in [1.82, 2.24) is 10.2 Å². The molecule has 6 nitrogen and oxygen atoms in total. The Balaban J connectivity index is 1.39. The van der Waals surface area contributed by atoms with Crippen molar-refractivity contribution in [1.29, 1.82) is 0 Å². The van der Waals surface area contributed by atoms with E-state index in [9.17, 15) is 9.59 Å². The Morgan fingerprint density at radius 1 is 1.10 bits per heavy atom. The van der Waals surface area contributed by atoms with Gasteiger partial charge in [-0.25, -0.2) is 4.79 Å². The summed E-state index contributed by atoms with van der Waals surface area (Å²) in [7, 11) is 2.12. The van der Waals surface area contributed by atoms with Crippen LogP contribution < -0.4 is 15.8 Å². The van der Waals surface area contributed by atoms with Crippen molar-refractivity contribution < 1.29 is 9.21 Å². The minimum Gasteiger partial charge on any atom is -0.422 e. The normalized spacial score (nSPS) is 17.1. The maximum atomic E-state index is 12.9. The smallest absolute Gasteiger partial charge is 0.349 e. The van der Waals surface area contributed by atoms with E-state index in [1.165, 1.54) is 29.7 Å². The standard InChI is InChI=1S/C25H27N3O3/c1-27-13-10-18-14-17(8-9-21(18)27)22(28-11-4-5-12-28)16-26-24(29)20-15-19-6-2-3-7-23(19)31-25(20)30/h2-3,6-9,14-15,22H,4-5,10-13,16H2,1H3,(H,26,29). The van der Waals surface area contributed by atoms with E-state index >= 15 is 0 Å². The van der Waals surface area contributed by atoms with E-state index in [1.807, 2.05) is 12.1 Å². The molecule has 160 valence electrons. The van der Waals surface area contributed by atoms with E-state index in [0.717, 1.165) is 31.4 Å². The van der Waals surface area contributed by atoms with E-state index in [-0.39, 0.29) is 17.5 Å². The molecule has 0 aliphatic carbocycles. The molecule has 0 bridgehead atoms. The third-order valence-corrected chi connectivity index (χ3v) is 6.54. The van der Waals surface area contributed by atoms with Gasteiger partial charge in [0.25, 0.3) is 5.91 Å². The zero-order chi connectivity index (χ0) is 21.4. The molecule has 0 radical (unpaired) electrons. The number of likely N-dealkylation sites (tertiary alicyclic amines) is 1. The highest BCUT2D eigenvalue weighted by Gasteiger charge is 2.26. The topological polar surface area (TPSA) is 65.8 Å². The second-order valence-corrected chi connectivity index (χ2v) is 8.51. The lowest BCUT2D eigenvalue weighted by atomic mass is 10.0. The van der Waals surface area contributed by atoms with E-state index in [1.54, 1.807) is 18.2 Å². The summed E-state index contributed by atoms with van der Waals surface area (Å²) in [6, 6.07) is 15.6. The van der Waals surface area contributed by atoms with Crippen LogP contribution >= 0.6 is 0 Å². The zero-order valence-corrected chi connectivity index (χ0v) is 17.8. The first kappa shape index (κ1) is 19.8. The number of anilines is 1. The maximum Gasteiger partial charge on any atom is 0.349 e. The molecule has 1 N–H and O–H groups in total. The monoisotopic (exact) mass is 417 g/mol. The van der Waals surface area contributed by atoms with E-state index in [4.69, 9.17) is 4.42 Å². The van der Waals surface area contributed by atoms with Crippen LogP contribution in [0.1, 0.15) is 40.4 Å². The SMILES string of the molecule is CN1CCc2cc(C(CNC(=O)c3cc4ccccc4oc3=O)N3CCCC3)ccc21. The van der Waals surface area contributed by atoms with Crippen LogP contribution in [0.25, 0.3) is 11.0 Å². The number of hydrogen-bond acceptors (Lipinski definition) is 5. The molecule has 2 aliphatic heterocycles. The minimum atomic E-state index is -0.602. The van der Waals surface area contributed by atoms with Crippen molar-refractivity contribution in [2.24, 2.45) is 0 Å². The molecule has 1 fully saturated rings. The van der Waals surface area contributed by atoms with Crippen molar-refractivity contribution in [3.63, 3.8) is 0 Å². The van der Waals surface area contributed by atoms with Crippen LogP contribution in [0.3, 0.4) is 0 Å². The summed E-state index contributed by atoms with van der Waals surface area (Å²) in [5.41, 5.74) is 3.82. The fourth-order valence-corrected chi connectivity index (χ4v) is 4.81. The van der Waals surface area contributed by atoms with Gasteiger partial charge in [0.1, 0.15) is 11.1 Å². The van der Waals surface area contributed by atoms with Gasteiger partial charge in [-0.2, -0.15) is 0 Å². The number of benzene rings is 2. The second kappa shape index (κ2) is 8.19. The highest BCUT2D eigenvalue weighted by Crippen LogP contribution is 2.32. The molecule has 0 saturated carbocycles. The molecule has 1 amide bonds. The van der Waals surface area contributed by atoms with Gasteiger partial charge >= 0.3 is 5.63 Å². The summed E-state index contributed by atoms with van der Waals surface area (Å²) in [5, 5.41) is 3.75. The molecule has 5 rings (SSSR count). The number of carbonyl (C=O) groups excluding carboxylic acids is 1. The average Bonchev–Trinajstić information content (AvgIpc) is 3.44. The van der Waals surface area contributed by atoms with Crippen LogP contribution in [0.4, 0.5) is 5.69 Å². The van der Waals surface area contributed by atoms with Crippen LogP contribution in [-0.4, -0.2) is 44.0 Å². The third-order valence-electron chi connectivity index (χ3n) is 6.54. The Morgan fingerprint density at radius 2 is 1.90 bits per heavy atom. The first-order valence-corrected chi connectivity index (χ1v) is 11.0. The number of fused-ring (bicyclic) bond motifs is 2. The predicted molar refractivity (Wildman–Crippen MR) is 122 cm³/mol. The molecule has 1 saturated heterocycles. The first-order chi connectivity index (χ1) is 15.1. The minimum absolute atomic E-state index is 0.0504. The molecule has 31 heavy (non-hydrogen) atoms. The van der Waals surface area contributed by atoms with Crippen LogP contribution in [-0.2, 0) is 6.42 Å². The summed E-state index contributed by atoms with van der Waals surface area (Å²) >= 11 is 0. The molecule has 2 aromatic carbocycles. The molecular weight excluding hydrogens is 390 g/mol. The number of likely N-dealkylation sites (N-methyl/N-ethyl adjacent to an activating group) is 1. The second-order valence-electron chi connectivity index (χ2n) is 8.51. The fourth-order valence-electron chi connectivity index (χ4n) is 4.81. The van der Waals surface area contributed by atoms with Gasteiger partial charge in [0.05, 0.1) is 6.04 Å². The summed E-state index contributed by atoms with van der Waals surface area (Å²) in [4.78, 5) is 30.0. The van der Waals surface area contributed by atoms with Crippen molar-refractivity contribution in [3.8, 4) is 0 Å². The van der Waals surface area contributed by atoms with Crippen LogP contribution in [0, 0.1) is 0 Å². The number of nitrogens with one attached hydrogen (secondary N) is 1. The van der Waals surface area contributed by atoms with Crippen LogP contribution in [0.15, 0.2) is 57.7 Å². The Bertz CT molecular complexity index is 1180. The lowest BCUT2D eigenvalue weighted by Gasteiger charge is -2.28. The van der Waals surface area contributed by atoms with E-state index in [2.05, 4.69) is 40.4 Å². The highest BCUT2D eigenvalue weighted by molar-refractivity contribution is 5.96. The lowest BCUT2D eigenvalue weighted by molar-refractivity contribution is 0.0934. The Kier molecular flexibility index (Phi) is 5.24. The van der Waals surface area contributed by atoms with Crippen molar-refractivity contribution in [3.05, 3.63) is 75.6 Å². The summed E-state index contributed by atoms with van der Waals surface area (Å²) in [5.74, 6) is -0.385. The zero-order valence-electron chi connectivity index (χ0n) is 17.8. The van der Waals surface area contributed by atoms with Gasteiger partial charge in [0, 0.05) is 31.2 Å². The summed E-state index contributed by atoms with van der Waals surface area (Å²) in [6.07, 6.45) is 3.40. The van der Waals surface area contributed by atoms with Crippen molar-refractivity contribution in [2.45, 2.75) is 25.3 Å². The van der Waals surface area contributed by atoms with Crippen molar-refractivity contribution >= 4 is 22.6 Å². The molecule has 6 heteroatoms. The average molecular weight is 418 g/mol. The number of hydrogen-bond donors (Lipinski definition) is 1. The maximum absolute atomic E-state index is 12.9.